The highest BCUT2D eigenvalue weighted by atomic mass is 16.2. The molecule has 1 fully saturated rings. The van der Waals surface area contributed by atoms with Gasteiger partial charge in [-0.05, 0) is 12.8 Å². The van der Waals surface area contributed by atoms with Gasteiger partial charge in [-0.3, -0.25) is 9.59 Å². The lowest BCUT2D eigenvalue weighted by molar-refractivity contribution is -0.138. The average molecular weight is 165 g/mol. The highest BCUT2D eigenvalue weighted by molar-refractivity contribution is 6.06. The van der Waals surface area contributed by atoms with Gasteiger partial charge in [-0.2, -0.15) is 5.26 Å². The number of nitriles is 1. The molecule has 3 unspecified atom stereocenters. The van der Waals surface area contributed by atoms with Crippen LogP contribution in [0.1, 0.15) is 20.3 Å². The first-order valence-corrected chi connectivity index (χ1v) is 4.04. The van der Waals surface area contributed by atoms with Gasteiger partial charge in [0.1, 0.15) is 11.7 Å². The lowest BCUT2D eigenvalue weighted by Crippen LogP contribution is -2.37. The molecule has 0 spiro atoms. The van der Waals surface area contributed by atoms with E-state index < -0.39 is 11.8 Å². The standard InChI is InChI=1S/C9H11NO2/c1-5-3-8(11)6(2)9(12)7(5)4-10/h5-7H,3H2,1-2H3. The van der Waals surface area contributed by atoms with E-state index in [1.807, 2.05) is 6.07 Å². The molecule has 12 heavy (non-hydrogen) atoms. The zero-order valence-corrected chi connectivity index (χ0v) is 7.20. The summed E-state index contributed by atoms with van der Waals surface area (Å²) in [6.45, 7) is 3.36. The van der Waals surface area contributed by atoms with Crippen molar-refractivity contribution in [1.82, 2.24) is 0 Å². The summed E-state index contributed by atoms with van der Waals surface area (Å²) in [4.78, 5) is 22.5. The lowest BCUT2D eigenvalue weighted by atomic mass is 9.74. The number of nitrogens with zero attached hydrogens (tertiary/aromatic N) is 1. The van der Waals surface area contributed by atoms with Gasteiger partial charge in [-0.15, -0.1) is 0 Å². The third kappa shape index (κ3) is 1.25. The normalized spacial score (nSPS) is 36.2. The molecule has 0 aromatic heterocycles. The van der Waals surface area contributed by atoms with E-state index in [1.165, 1.54) is 0 Å². The summed E-state index contributed by atoms with van der Waals surface area (Å²) < 4.78 is 0. The summed E-state index contributed by atoms with van der Waals surface area (Å²) in [5.74, 6) is -1.48. The van der Waals surface area contributed by atoms with E-state index in [2.05, 4.69) is 0 Å². The molecule has 0 N–H and O–H groups in total. The van der Waals surface area contributed by atoms with Crippen LogP contribution in [0.3, 0.4) is 0 Å². The molecule has 3 nitrogen and oxygen atoms in total. The molecule has 64 valence electrons. The lowest BCUT2D eigenvalue weighted by Gasteiger charge is -2.25. The summed E-state index contributed by atoms with van der Waals surface area (Å²) in [6, 6.07) is 1.95. The Balaban J connectivity index is 2.88. The van der Waals surface area contributed by atoms with Gasteiger partial charge < -0.3 is 0 Å². The predicted octanol–water partition coefficient (Wildman–Crippen LogP) is 0.940. The molecular weight excluding hydrogens is 154 g/mol. The van der Waals surface area contributed by atoms with Gasteiger partial charge in [0.2, 0.25) is 0 Å². The van der Waals surface area contributed by atoms with Gasteiger partial charge in [-0.1, -0.05) is 6.92 Å². The van der Waals surface area contributed by atoms with Crippen molar-refractivity contribution in [1.29, 1.82) is 5.26 Å². The number of rotatable bonds is 0. The maximum Gasteiger partial charge on any atom is 0.160 e. The second-order valence-corrected chi connectivity index (χ2v) is 3.38. The first kappa shape index (κ1) is 8.92. The van der Waals surface area contributed by atoms with Gasteiger partial charge in [0, 0.05) is 6.42 Å². The Morgan fingerprint density at radius 1 is 1.42 bits per heavy atom. The molecule has 3 heteroatoms. The van der Waals surface area contributed by atoms with Crippen molar-refractivity contribution in [2.75, 3.05) is 0 Å². The maximum atomic E-state index is 11.3. The number of carbonyl (C=O) groups excluding carboxylic acids is 2. The van der Waals surface area contributed by atoms with Crippen molar-refractivity contribution in [2.24, 2.45) is 17.8 Å². The van der Waals surface area contributed by atoms with E-state index in [4.69, 9.17) is 5.26 Å². The maximum absolute atomic E-state index is 11.3. The molecule has 1 aliphatic carbocycles. The topological polar surface area (TPSA) is 57.9 Å². The molecule has 0 aromatic rings. The Morgan fingerprint density at radius 2 is 2.00 bits per heavy atom. The van der Waals surface area contributed by atoms with Crippen LogP contribution < -0.4 is 0 Å². The second-order valence-electron chi connectivity index (χ2n) is 3.38. The predicted molar refractivity (Wildman–Crippen MR) is 42.1 cm³/mol. The van der Waals surface area contributed by atoms with Crippen LogP contribution in [-0.2, 0) is 9.59 Å². The molecule has 0 radical (unpaired) electrons. The van der Waals surface area contributed by atoms with Crippen molar-refractivity contribution in [3.05, 3.63) is 0 Å². The van der Waals surface area contributed by atoms with Crippen LogP contribution in [0.15, 0.2) is 0 Å². The minimum Gasteiger partial charge on any atom is -0.299 e. The van der Waals surface area contributed by atoms with E-state index in [9.17, 15) is 9.59 Å². The monoisotopic (exact) mass is 165 g/mol. The van der Waals surface area contributed by atoms with Crippen LogP contribution in [-0.4, -0.2) is 11.6 Å². The molecule has 0 bridgehead atoms. The smallest absolute Gasteiger partial charge is 0.160 e. The van der Waals surface area contributed by atoms with Crippen molar-refractivity contribution in [2.45, 2.75) is 20.3 Å². The molecule has 1 aliphatic rings. The first-order chi connectivity index (χ1) is 5.57. The van der Waals surface area contributed by atoms with Crippen LogP contribution >= 0.6 is 0 Å². The van der Waals surface area contributed by atoms with Crippen LogP contribution in [0.25, 0.3) is 0 Å². The van der Waals surface area contributed by atoms with Crippen LogP contribution in [0.2, 0.25) is 0 Å². The third-order valence-electron chi connectivity index (χ3n) is 2.45. The van der Waals surface area contributed by atoms with Gasteiger partial charge in [0.25, 0.3) is 0 Å². The fraction of sp³-hybridized carbons (Fsp3) is 0.667. The average Bonchev–Trinajstić information content (AvgIpc) is 2.01. The fourth-order valence-electron chi connectivity index (χ4n) is 1.51. The van der Waals surface area contributed by atoms with Crippen molar-refractivity contribution >= 4 is 11.6 Å². The van der Waals surface area contributed by atoms with Gasteiger partial charge in [0.15, 0.2) is 5.78 Å². The molecule has 1 saturated carbocycles. The van der Waals surface area contributed by atoms with Crippen molar-refractivity contribution < 1.29 is 9.59 Å². The zero-order chi connectivity index (χ0) is 9.30. The Kier molecular flexibility index (Phi) is 2.27. The quantitative estimate of drug-likeness (QED) is 0.502. The van der Waals surface area contributed by atoms with E-state index in [0.29, 0.717) is 6.42 Å². The highest BCUT2D eigenvalue weighted by Crippen LogP contribution is 2.27. The van der Waals surface area contributed by atoms with Crippen LogP contribution in [0.4, 0.5) is 0 Å². The zero-order valence-electron chi connectivity index (χ0n) is 7.20. The van der Waals surface area contributed by atoms with E-state index >= 15 is 0 Å². The number of ketones is 2. The minimum absolute atomic E-state index is 0.0287. The van der Waals surface area contributed by atoms with Crippen LogP contribution in [0.5, 0.6) is 0 Å². The van der Waals surface area contributed by atoms with Gasteiger partial charge in [0.05, 0.1) is 12.0 Å². The molecule has 1 rings (SSSR count). The summed E-state index contributed by atoms with van der Waals surface area (Å²) in [6.07, 6.45) is 0.366. The Labute approximate surface area is 71.4 Å². The minimum atomic E-state index is -0.572. The summed E-state index contributed by atoms with van der Waals surface area (Å²) >= 11 is 0. The van der Waals surface area contributed by atoms with Crippen molar-refractivity contribution in [3.8, 4) is 6.07 Å². The summed E-state index contributed by atoms with van der Waals surface area (Å²) in [7, 11) is 0. The fourth-order valence-corrected chi connectivity index (χ4v) is 1.51. The SMILES string of the molecule is CC1C(=O)CC(C)C(C#N)C1=O. The van der Waals surface area contributed by atoms with Crippen molar-refractivity contribution in [3.63, 3.8) is 0 Å². The molecular formula is C9H11NO2. The van der Waals surface area contributed by atoms with E-state index in [0.717, 1.165) is 0 Å². The van der Waals surface area contributed by atoms with E-state index in [-0.39, 0.29) is 17.5 Å². The molecule has 0 saturated heterocycles. The summed E-state index contributed by atoms with van der Waals surface area (Å²) in [5.41, 5.74) is 0. The summed E-state index contributed by atoms with van der Waals surface area (Å²) in [5, 5.41) is 8.65. The number of hydrogen-bond donors (Lipinski definition) is 0. The molecule has 3 atom stereocenters. The number of hydrogen-bond acceptors (Lipinski definition) is 3. The second kappa shape index (κ2) is 3.06. The van der Waals surface area contributed by atoms with Gasteiger partial charge >= 0.3 is 0 Å². The Bertz CT molecular complexity index is 264. The number of Topliss-reactive ketones (excluding diaryl/α,β-unsaturated/α-hetero) is 2. The van der Waals surface area contributed by atoms with E-state index in [1.54, 1.807) is 13.8 Å². The molecule has 0 aromatic carbocycles. The molecule has 0 heterocycles. The largest absolute Gasteiger partial charge is 0.299 e. The number of carbonyl (C=O) groups is 2. The van der Waals surface area contributed by atoms with Crippen LogP contribution in [0, 0.1) is 29.1 Å². The third-order valence-corrected chi connectivity index (χ3v) is 2.45. The molecule has 0 aliphatic heterocycles. The highest BCUT2D eigenvalue weighted by Gasteiger charge is 2.38. The Morgan fingerprint density at radius 3 is 2.50 bits per heavy atom. The first-order valence-electron chi connectivity index (χ1n) is 4.04. The Hall–Kier alpha value is -1.17. The molecule has 0 amide bonds. The van der Waals surface area contributed by atoms with Gasteiger partial charge in [-0.25, -0.2) is 0 Å².